The molecule has 2 aromatic carbocycles. The van der Waals surface area contributed by atoms with E-state index in [2.05, 4.69) is 4.72 Å². The van der Waals surface area contributed by atoms with E-state index in [1.165, 1.54) is 25.1 Å². The zero-order valence-electron chi connectivity index (χ0n) is 14.4. The molecule has 2 aromatic rings. The van der Waals surface area contributed by atoms with Gasteiger partial charge < -0.3 is 10.5 Å². The molecular formula is C18H20N2O5S. The van der Waals surface area contributed by atoms with Gasteiger partial charge in [0.2, 0.25) is 10.0 Å². The number of amides is 1. The van der Waals surface area contributed by atoms with E-state index in [0.717, 1.165) is 5.56 Å². The van der Waals surface area contributed by atoms with Gasteiger partial charge in [0.25, 0.3) is 5.91 Å². The maximum atomic E-state index is 12.6. The number of esters is 1. The summed E-state index contributed by atoms with van der Waals surface area (Å²) < 4.78 is 32.6. The Morgan fingerprint density at radius 3 is 2.42 bits per heavy atom. The largest absolute Gasteiger partial charge is 0.449 e. The Morgan fingerprint density at radius 1 is 1.15 bits per heavy atom. The van der Waals surface area contributed by atoms with E-state index in [9.17, 15) is 18.0 Å². The first-order chi connectivity index (χ1) is 12.2. The molecule has 3 N–H and O–H groups in total. The van der Waals surface area contributed by atoms with E-state index in [-0.39, 0.29) is 17.0 Å². The van der Waals surface area contributed by atoms with E-state index >= 15 is 0 Å². The Hall–Kier alpha value is -2.71. The molecule has 0 saturated carbocycles. The normalized spacial score (nSPS) is 12.4. The van der Waals surface area contributed by atoms with Crippen LogP contribution in [0.3, 0.4) is 0 Å². The minimum absolute atomic E-state index is 0.0174. The summed E-state index contributed by atoms with van der Waals surface area (Å²) in [6.07, 6.45) is -1.11. The van der Waals surface area contributed by atoms with Crippen molar-refractivity contribution in [3.63, 3.8) is 0 Å². The first-order valence-electron chi connectivity index (χ1n) is 7.85. The Labute approximate surface area is 152 Å². The molecule has 0 heterocycles. The number of carbonyl (C=O) groups is 2. The predicted molar refractivity (Wildman–Crippen MR) is 95.7 cm³/mol. The average Bonchev–Trinajstić information content (AvgIpc) is 2.61. The number of ether oxygens (including phenoxy) is 1. The van der Waals surface area contributed by atoms with Crippen molar-refractivity contribution in [1.82, 2.24) is 4.72 Å². The van der Waals surface area contributed by atoms with Gasteiger partial charge in [0.1, 0.15) is 0 Å². The topological polar surface area (TPSA) is 116 Å². The van der Waals surface area contributed by atoms with E-state index in [1.807, 2.05) is 18.2 Å². The van der Waals surface area contributed by atoms with Gasteiger partial charge in [-0.3, -0.25) is 4.79 Å². The van der Waals surface area contributed by atoms with Gasteiger partial charge in [-0.2, -0.15) is 0 Å². The second kappa shape index (κ2) is 8.11. The molecular weight excluding hydrogens is 356 g/mol. The Kier molecular flexibility index (Phi) is 6.12. The summed E-state index contributed by atoms with van der Waals surface area (Å²) in [5.41, 5.74) is 6.36. The lowest BCUT2D eigenvalue weighted by Crippen LogP contribution is -2.30. The standard InChI is InChI=1S/C18H20N2O5S/c1-12-8-9-15(18(22)25-13(2)17(19)21)10-16(12)26(23,24)20-11-14-6-4-3-5-7-14/h3-10,13,20H,11H2,1-2H3,(H2,19,21)/t13-/m1/s1. The Bertz CT molecular complexity index is 910. The fourth-order valence-corrected chi connectivity index (χ4v) is 3.44. The van der Waals surface area contributed by atoms with Crippen LogP contribution < -0.4 is 10.5 Å². The lowest BCUT2D eigenvalue weighted by atomic mass is 10.1. The monoisotopic (exact) mass is 376 g/mol. The molecule has 1 atom stereocenters. The molecule has 0 aliphatic rings. The molecule has 0 aliphatic carbocycles. The Balaban J connectivity index is 2.22. The summed E-state index contributed by atoms with van der Waals surface area (Å²) >= 11 is 0. The first-order valence-corrected chi connectivity index (χ1v) is 9.33. The van der Waals surface area contributed by atoms with Crippen molar-refractivity contribution in [3.05, 3.63) is 65.2 Å². The number of primary amides is 1. The van der Waals surface area contributed by atoms with Crippen LogP contribution >= 0.6 is 0 Å². The molecule has 8 heteroatoms. The first kappa shape index (κ1) is 19.6. The Morgan fingerprint density at radius 2 is 1.81 bits per heavy atom. The van der Waals surface area contributed by atoms with Crippen molar-refractivity contribution >= 4 is 21.9 Å². The SMILES string of the molecule is Cc1ccc(C(=O)O[C@H](C)C(N)=O)cc1S(=O)(=O)NCc1ccccc1. The van der Waals surface area contributed by atoms with E-state index in [0.29, 0.717) is 5.56 Å². The summed E-state index contributed by atoms with van der Waals surface area (Å²) in [7, 11) is -3.84. The molecule has 0 aromatic heterocycles. The minimum atomic E-state index is -3.84. The maximum absolute atomic E-state index is 12.6. The predicted octanol–water partition coefficient (Wildman–Crippen LogP) is 1.50. The lowest BCUT2D eigenvalue weighted by molar-refractivity contribution is -0.125. The summed E-state index contributed by atoms with van der Waals surface area (Å²) in [5.74, 6) is -1.61. The highest BCUT2D eigenvalue weighted by molar-refractivity contribution is 7.89. The van der Waals surface area contributed by atoms with Crippen LogP contribution in [0.2, 0.25) is 0 Å². The molecule has 7 nitrogen and oxygen atoms in total. The summed E-state index contributed by atoms with van der Waals surface area (Å²) in [4.78, 5) is 23.1. The smallest absolute Gasteiger partial charge is 0.338 e. The van der Waals surface area contributed by atoms with Crippen LogP contribution in [0.5, 0.6) is 0 Å². The van der Waals surface area contributed by atoms with Crippen LogP contribution in [-0.4, -0.2) is 26.4 Å². The molecule has 0 unspecified atom stereocenters. The fourth-order valence-electron chi connectivity index (χ4n) is 2.16. The van der Waals surface area contributed by atoms with Crippen LogP contribution in [0.4, 0.5) is 0 Å². The highest BCUT2D eigenvalue weighted by Crippen LogP contribution is 2.18. The van der Waals surface area contributed by atoms with Crippen molar-refractivity contribution in [1.29, 1.82) is 0 Å². The molecule has 138 valence electrons. The third-order valence-electron chi connectivity index (χ3n) is 3.71. The van der Waals surface area contributed by atoms with E-state index in [1.54, 1.807) is 19.1 Å². The van der Waals surface area contributed by atoms with Crippen LogP contribution in [0.15, 0.2) is 53.4 Å². The van der Waals surface area contributed by atoms with Crippen molar-refractivity contribution in [2.45, 2.75) is 31.4 Å². The van der Waals surface area contributed by atoms with Gasteiger partial charge in [0, 0.05) is 6.54 Å². The zero-order valence-corrected chi connectivity index (χ0v) is 15.2. The van der Waals surface area contributed by atoms with Gasteiger partial charge >= 0.3 is 5.97 Å². The average molecular weight is 376 g/mol. The number of nitrogens with one attached hydrogen (secondary N) is 1. The second-order valence-corrected chi connectivity index (χ2v) is 7.48. The number of aryl methyl sites for hydroxylation is 1. The third-order valence-corrected chi connectivity index (χ3v) is 5.25. The number of hydrogen-bond acceptors (Lipinski definition) is 5. The molecule has 0 saturated heterocycles. The van der Waals surface area contributed by atoms with Crippen LogP contribution in [0.25, 0.3) is 0 Å². The van der Waals surface area contributed by atoms with Crippen LogP contribution in [-0.2, 0) is 26.1 Å². The summed E-state index contributed by atoms with van der Waals surface area (Å²) in [6.45, 7) is 3.09. The van der Waals surface area contributed by atoms with Crippen molar-refractivity contribution in [3.8, 4) is 0 Å². The number of carbonyl (C=O) groups excluding carboxylic acids is 2. The molecule has 1 amide bonds. The minimum Gasteiger partial charge on any atom is -0.449 e. The molecule has 0 bridgehead atoms. The van der Waals surface area contributed by atoms with Gasteiger partial charge in [-0.05, 0) is 37.1 Å². The molecule has 0 spiro atoms. The quantitative estimate of drug-likeness (QED) is 0.711. The second-order valence-electron chi connectivity index (χ2n) is 5.74. The maximum Gasteiger partial charge on any atom is 0.338 e. The highest BCUT2D eigenvalue weighted by Gasteiger charge is 2.21. The highest BCUT2D eigenvalue weighted by atomic mass is 32.2. The third kappa shape index (κ3) is 4.90. The van der Waals surface area contributed by atoms with E-state index < -0.39 is 28.0 Å². The van der Waals surface area contributed by atoms with Crippen molar-refractivity contribution in [2.75, 3.05) is 0 Å². The number of benzene rings is 2. The van der Waals surface area contributed by atoms with Crippen molar-refractivity contribution in [2.24, 2.45) is 5.73 Å². The summed E-state index contributed by atoms with van der Waals surface area (Å²) in [5, 5.41) is 0. The van der Waals surface area contributed by atoms with Gasteiger partial charge in [-0.15, -0.1) is 0 Å². The van der Waals surface area contributed by atoms with E-state index in [4.69, 9.17) is 10.5 Å². The van der Waals surface area contributed by atoms with Crippen LogP contribution in [0, 0.1) is 6.92 Å². The molecule has 0 aliphatic heterocycles. The van der Waals surface area contributed by atoms with Gasteiger partial charge in [-0.1, -0.05) is 36.4 Å². The zero-order chi connectivity index (χ0) is 19.3. The number of sulfonamides is 1. The fraction of sp³-hybridized carbons (Fsp3) is 0.222. The number of rotatable bonds is 7. The lowest BCUT2D eigenvalue weighted by Gasteiger charge is -2.13. The summed E-state index contributed by atoms with van der Waals surface area (Å²) in [6, 6.07) is 13.2. The van der Waals surface area contributed by atoms with Gasteiger partial charge in [0.05, 0.1) is 10.5 Å². The van der Waals surface area contributed by atoms with Crippen molar-refractivity contribution < 1.29 is 22.7 Å². The molecule has 26 heavy (non-hydrogen) atoms. The molecule has 2 rings (SSSR count). The number of nitrogens with two attached hydrogens (primary N) is 1. The molecule has 0 fully saturated rings. The van der Waals surface area contributed by atoms with Gasteiger partial charge in [-0.25, -0.2) is 17.9 Å². The number of hydrogen-bond donors (Lipinski definition) is 2. The molecule has 0 radical (unpaired) electrons. The van der Waals surface area contributed by atoms with Gasteiger partial charge in [0.15, 0.2) is 6.10 Å². The van der Waals surface area contributed by atoms with Crippen LogP contribution in [0.1, 0.15) is 28.4 Å².